The second-order valence-electron chi connectivity index (χ2n) is 5.81. The Kier molecular flexibility index (Phi) is 5.98. The molecule has 1 heterocycles. The summed E-state index contributed by atoms with van der Waals surface area (Å²) in [6.07, 6.45) is 1.74. The predicted octanol–water partition coefficient (Wildman–Crippen LogP) is 0.860. The Morgan fingerprint density at radius 2 is 2.00 bits per heavy atom. The minimum absolute atomic E-state index is 0.00579. The molecular formula is C14H24N2O4. The zero-order valence-corrected chi connectivity index (χ0v) is 12.4. The third-order valence-electron chi connectivity index (χ3n) is 3.59. The van der Waals surface area contributed by atoms with Crippen LogP contribution in [0, 0.1) is 11.8 Å². The molecule has 2 unspecified atom stereocenters. The van der Waals surface area contributed by atoms with Crippen molar-refractivity contribution in [2.75, 3.05) is 13.1 Å². The molecule has 0 saturated carbocycles. The lowest BCUT2D eigenvalue weighted by molar-refractivity contribution is -0.142. The van der Waals surface area contributed by atoms with Crippen molar-refractivity contribution in [3.05, 3.63) is 0 Å². The molecule has 6 nitrogen and oxygen atoms in total. The van der Waals surface area contributed by atoms with Gasteiger partial charge in [-0.05, 0) is 24.7 Å². The molecule has 1 aliphatic heterocycles. The van der Waals surface area contributed by atoms with Crippen molar-refractivity contribution < 1.29 is 19.5 Å². The van der Waals surface area contributed by atoms with Gasteiger partial charge in [-0.25, -0.2) is 0 Å². The summed E-state index contributed by atoms with van der Waals surface area (Å²) in [5.41, 5.74) is 0. The van der Waals surface area contributed by atoms with Crippen LogP contribution in [0.5, 0.6) is 0 Å². The SMILES string of the molecule is CC(=O)NC(C(=O)N1CCCC(CC(=O)O)C1)C(C)C. The number of nitrogens with zero attached hydrogens (tertiary/aromatic N) is 1. The highest BCUT2D eigenvalue weighted by Gasteiger charge is 2.31. The van der Waals surface area contributed by atoms with Crippen LogP contribution in [0.25, 0.3) is 0 Å². The first-order valence-electron chi connectivity index (χ1n) is 7.09. The van der Waals surface area contributed by atoms with Crippen LogP contribution < -0.4 is 5.32 Å². The Hall–Kier alpha value is -1.59. The van der Waals surface area contributed by atoms with Gasteiger partial charge in [0.05, 0.1) is 0 Å². The van der Waals surface area contributed by atoms with Crippen LogP contribution in [0.1, 0.15) is 40.0 Å². The predicted molar refractivity (Wildman–Crippen MR) is 74.0 cm³/mol. The fraction of sp³-hybridized carbons (Fsp3) is 0.786. The Morgan fingerprint density at radius 3 is 2.50 bits per heavy atom. The van der Waals surface area contributed by atoms with Crippen LogP contribution in [0.2, 0.25) is 0 Å². The van der Waals surface area contributed by atoms with E-state index in [4.69, 9.17) is 5.11 Å². The van der Waals surface area contributed by atoms with E-state index < -0.39 is 12.0 Å². The monoisotopic (exact) mass is 284 g/mol. The number of likely N-dealkylation sites (tertiary alicyclic amines) is 1. The number of aliphatic carboxylic acids is 1. The van der Waals surface area contributed by atoms with Crippen molar-refractivity contribution in [3.63, 3.8) is 0 Å². The summed E-state index contributed by atoms with van der Waals surface area (Å²) in [4.78, 5) is 36.1. The van der Waals surface area contributed by atoms with Crippen molar-refractivity contribution >= 4 is 17.8 Å². The van der Waals surface area contributed by atoms with Gasteiger partial charge in [0.15, 0.2) is 0 Å². The number of piperidine rings is 1. The van der Waals surface area contributed by atoms with Crippen molar-refractivity contribution in [2.24, 2.45) is 11.8 Å². The molecule has 2 amide bonds. The molecule has 114 valence electrons. The quantitative estimate of drug-likeness (QED) is 0.784. The van der Waals surface area contributed by atoms with E-state index in [1.54, 1.807) is 4.90 Å². The van der Waals surface area contributed by atoms with Gasteiger partial charge in [0.1, 0.15) is 6.04 Å². The lowest BCUT2D eigenvalue weighted by Gasteiger charge is -2.35. The molecule has 1 aliphatic rings. The van der Waals surface area contributed by atoms with Gasteiger partial charge in [0.25, 0.3) is 0 Å². The Labute approximate surface area is 119 Å². The molecule has 0 spiro atoms. The number of nitrogens with one attached hydrogen (secondary N) is 1. The molecule has 0 aromatic rings. The third-order valence-corrected chi connectivity index (χ3v) is 3.59. The summed E-state index contributed by atoms with van der Waals surface area (Å²) >= 11 is 0. The largest absolute Gasteiger partial charge is 0.481 e. The molecule has 1 fully saturated rings. The van der Waals surface area contributed by atoms with Crippen LogP contribution in [0.15, 0.2) is 0 Å². The van der Waals surface area contributed by atoms with Crippen LogP contribution in [0.3, 0.4) is 0 Å². The summed E-state index contributed by atoms with van der Waals surface area (Å²) in [7, 11) is 0. The van der Waals surface area contributed by atoms with Crippen molar-refractivity contribution in [1.29, 1.82) is 0 Å². The summed E-state index contributed by atoms with van der Waals surface area (Å²) in [6.45, 7) is 6.27. The molecule has 20 heavy (non-hydrogen) atoms. The van der Waals surface area contributed by atoms with E-state index in [0.717, 1.165) is 12.8 Å². The standard InChI is InChI=1S/C14H24N2O4/c1-9(2)13(15-10(3)17)14(20)16-6-4-5-11(8-16)7-12(18)19/h9,11,13H,4-8H2,1-3H3,(H,15,17)(H,18,19). The highest BCUT2D eigenvalue weighted by molar-refractivity contribution is 5.87. The third kappa shape index (κ3) is 4.83. The summed E-state index contributed by atoms with van der Waals surface area (Å²) in [5, 5.41) is 11.5. The number of carbonyl (C=O) groups excluding carboxylic acids is 2. The highest BCUT2D eigenvalue weighted by Crippen LogP contribution is 2.21. The van der Waals surface area contributed by atoms with Gasteiger partial charge in [-0.2, -0.15) is 0 Å². The van der Waals surface area contributed by atoms with Gasteiger partial charge >= 0.3 is 5.97 Å². The maximum absolute atomic E-state index is 12.5. The van der Waals surface area contributed by atoms with E-state index in [-0.39, 0.29) is 30.1 Å². The maximum Gasteiger partial charge on any atom is 0.303 e. The minimum Gasteiger partial charge on any atom is -0.481 e. The molecule has 2 atom stereocenters. The van der Waals surface area contributed by atoms with Crippen molar-refractivity contribution in [3.8, 4) is 0 Å². The molecule has 0 bridgehead atoms. The van der Waals surface area contributed by atoms with Gasteiger partial charge in [-0.1, -0.05) is 13.8 Å². The molecule has 2 N–H and O–H groups in total. The van der Waals surface area contributed by atoms with E-state index in [1.807, 2.05) is 13.8 Å². The lowest BCUT2D eigenvalue weighted by Crippen LogP contribution is -2.53. The topological polar surface area (TPSA) is 86.7 Å². The number of carbonyl (C=O) groups is 3. The summed E-state index contributed by atoms with van der Waals surface area (Å²) < 4.78 is 0. The number of rotatable bonds is 5. The highest BCUT2D eigenvalue weighted by atomic mass is 16.4. The van der Waals surface area contributed by atoms with Gasteiger partial charge in [0, 0.05) is 26.4 Å². The first kappa shape index (κ1) is 16.5. The van der Waals surface area contributed by atoms with Crippen LogP contribution in [-0.2, 0) is 14.4 Å². The second kappa shape index (κ2) is 7.26. The summed E-state index contributed by atoms with van der Waals surface area (Å²) in [5.74, 6) is -1.14. The summed E-state index contributed by atoms with van der Waals surface area (Å²) in [6, 6.07) is -0.531. The number of hydrogen-bond donors (Lipinski definition) is 2. The van der Waals surface area contributed by atoms with Gasteiger partial charge < -0.3 is 15.3 Å². The van der Waals surface area contributed by atoms with Gasteiger partial charge in [0.2, 0.25) is 11.8 Å². The molecule has 0 aliphatic carbocycles. The van der Waals surface area contributed by atoms with Crippen LogP contribution in [-0.4, -0.2) is 46.9 Å². The van der Waals surface area contributed by atoms with Crippen molar-refractivity contribution in [1.82, 2.24) is 10.2 Å². The smallest absolute Gasteiger partial charge is 0.303 e. The van der Waals surface area contributed by atoms with E-state index in [0.29, 0.717) is 13.1 Å². The number of carboxylic acids is 1. The Morgan fingerprint density at radius 1 is 1.35 bits per heavy atom. The fourth-order valence-corrected chi connectivity index (χ4v) is 2.61. The second-order valence-corrected chi connectivity index (χ2v) is 5.81. The average Bonchev–Trinajstić information content (AvgIpc) is 2.34. The number of amides is 2. The van der Waals surface area contributed by atoms with E-state index in [9.17, 15) is 14.4 Å². The van der Waals surface area contributed by atoms with E-state index in [1.165, 1.54) is 6.92 Å². The molecule has 0 aromatic carbocycles. The molecule has 0 radical (unpaired) electrons. The molecule has 0 aromatic heterocycles. The molecular weight excluding hydrogens is 260 g/mol. The van der Waals surface area contributed by atoms with Crippen molar-refractivity contribution in [2.45, 2.75) is 46.1 Å². The molecule has 6 heteroatoms. The van der Waals surface area contributed by atoms with Gasteiger partial charge in [-0.15, -0.1) is 0 Å². The maximum atomic E-state index is 12.5. The first-order chi connectivity index (χ1) is 9.31. The van der Waals surface area contributed by atoms with E-state index in [2.05, 4.69) is 5.32 Å². The number of hydrogen-bond acceptors (Lipinski definition) is 3. The Balaban J connectivity index is 2.68. The fourth-order valence-electron chi connectivity index (χ4n) is 2.61. The van der Waals surface area contributed by atoms with E-state index >= 15 is 0 Å². The normalized spacial score (nSPS) is 20.6. The molecule has 1 saturated heterocycles. The molecule has 1 rings (SSSR count). The van der Waals surface area contributed by atoms with Gasteiger partial charge in [-0.3, -0.25) is 14.4 Å². The first-order valence-corrected chi connectivity index (χ1v) is 7.09. The van der Waals surface area contributed by atoms with Crippen LogP contribution in [0.4, 0.5) is 0 Å². The van der Waals surface area contributed by atoms with Crippen LogP contribution >= 0.6 is 0 Å². The lowest BCUT2D eigenvalue weighted by atomic mass is 9.93. The zero-order valence-electron chi connectivity index (χ0n) is 12.4. The minimum atomic E-state index is -0.827. The number of carboxylic acid groups (broad SMARTS) is 1. The Bertz CT molecular complexity index is 381. The zero-order chi connectivity index (χ0) is 15.3. The average molecular weight is 284 g/mol.